The van der Waals surface area contributed by atoms with Crippen molar-refractivity contribution in [2.24, 2.45) is 5.92 Å². The molecule has 0 aliphatic carbocycles. The van der Waals surface area contributed by atoms with E-state index in [1.165, 1.54) is 63.7 Å². The molecule has 0 aromatic rings. The van der Waals surface area contributed by atoms with E-state index in [0.717, 1.165) is 12.0 Å². The SMILES string of the molecule is C1CC(CN2CCN(C3CNC3)CC2)CS1. The molecule has 0 bridgehead atoms. The van der Waals surface area contributed by atoms with Crippen LogP contribution in [-0.2, 0) is 0 Å². The van der Waals surface area contributed by atoms with Gasteiger partial charge >= 0.3 is 0 Å². The van der Waals surface area contributed by atoms with Gasteiger partial charge < -0.3 is 10.2 Å². The molecular weight excluding hydrogens is 218 g/mol. The topological polar surface area (TPSA) is 18.5 Å². The van der Waals surface area contributed by atoms with Gasteiger partial charge in [-0.3, -0.25) is 4.90 Å². The summed E-state index contributed by atoms with van der Waals surface area (Å²) in [6.45, 7) is 9.01. The fraction of sp³-hybridized carbons (Fsp3) is 1.00. The lowest BCUT2D eigenvalue weighted by molar-refractivity contribution is 0.0671. The Kier molecular flexibility index (Phi) is 3.72. The van der Waals surface area contributed by atoms with Crippen molar-refractivity contribution in [3.05, 3.63) is 0 Å². The summed E-state index contributed by atoms with van der Waals surface area (Å²) in [6, 6.07) is 0.851. The van der Waals surface area contributed by atoms with Crippen molar-refractivity contribution in [1.29, 1.82) is 0 Å². The van der Waals surface area contributed by atoms with Gasteiger partial charge in [-0.1, -0.05) is 0 Å². The molecule has 1 unspecified atom stereocenters. The second kappa shape index (κ2) is 5.25. The first-order chi connectivity index (χ1) is 7.92. The summed E-state index contributed by atoms with van der Waals surface area (Å²) in [5.74, 6) is 3.80. The number of hydrogen-bond acceptors (Lipinski definition) is 4. The molecule has 0 amide bonds. The first-order valence-corrected chi connectivity index (χ1v) is 7.82. The van der Waals surface area contributed by atoms with Crippen molar-refractivity contribution in [2.45, 2.75) is 12.5 Å². The molecule has 3 aliphatic heterocycles. The predicted octanol–water partition coefficient (Wildman–Crippen LogP) is 0.329. The summed E-state index contributed by atoms with van der Waals surface area (Å²) >= 11 is 2.14. The van der Waals surface area contributed by atoms with E-state index >= 15 is 0 Å². The van der Waals surface area contributed by atoms with Gasteiger partial charge in [-0.05, 0) is 23.8 Å². The Balaban J connectivity index is 1.39. The van der Waals surface area contributed by atoms with Gasteiger partial charge in [0.15, 0.2) is 0 Å². The van der Waals surface area contributed by atoms with Crippen LogP contribution < -0.4 is 5.32 Å². The normalized spacial score (nSPS) is 34.1. The Bertz CT molecular complexity index is 218. The number of nitrogens with one attached hydrogen (secondary N) is 1. The molecule has 1 atom stereocenters. The van der Waals surface area contributed by atoms with Crippen molar-refractivity contribution in [3.63, 3.8) is 0 Å². The second-order valence-electron chi connectivity index (χ2n) is 5.38. The van der Waals surface area contributed by atoms with Gasteiger partial charge in [0.1, 0.15) is 0 Å². The monoisotopic (exact) mass is 241 g/mol. The second-order valence-corrected chi connectivity index (χ2v) is 6.53. The van der Waals surface area contributed by atoms with Crippen molar-refractivity contribution >= 4 is 11.8 Å². The number of thioether (sulfide) groups is 1. The molecule has 0 radical (unpaired) electrons. The maximum Gasteiger partial charge on any atom is 0.0346 e. The third kappa shape index (κ3) is 2.55. The Labute approximate surface area is 103 Å². The van der Waals surface area contributed by atoms with E-state index in [-0.39, 0.29) is 0 Å². The molecule has 4 heteroatoms. The number of hydrogen-bond donors (Lipinski definition) is 1. The van der Waals surface area contributed by atoms with Gasteiger partial charge in [0, 0.05) is 51.9 Å². The van der Waals surface area contributed by atoms with Crippen LogP contribution in [0.1, 0.15) is 6.42 Å². The first kappa shape index (κ1) is 11.3. The quantitative estimate of drug-likeness (QED) is 0.767. The van der Waals surface area contributed by atoms with Crippen LogP contribution in [0.25, 0.3) is 0 Å². The van der Waals surface area contributed by atoms with Gasteiger partial charge in [0.05, 0.1) is 0 Å². The van der Waals surface area contributed by atoms with E-state index in [1.54, 1.807) is 0 Å². The summed E-state index contributed by atoms with van der Waals surface area (Å²) in [5.41, 5.74) is 0. The molecule has 0 spiro atoms. The van der Waals surface area contributed by atoms with Gasteiger partial charge in [-0.25, -0.2) is 0 Å². The maximum absolute atomic E-state index is 3.37. The van der Waals surface area contributed by atoms with Crippen molar-refractivity contribution in [1.82, 2.24) is 15.1 Å². The highest BCUT2D eigenvalue weighted by molar-refractivity contribution is 7.99. The van der Waals surface area contributed by atoms with E-state index in [4.69, 9.17) is 0 Å². The minimum atomic E-state index is 0.851. The van der Waals surface area contributed by atoms with E-state index in [9.17, 15) is 0 Å². The smallest absolute Gasteiger partial charge is 0.0346 e. The molecule has 0 aromatic carbocycles. The third-order valence-corrected chi connectivity index (χ3v) is 5.46. The van der Waals surface area contributed by atoms with Gasteiger partial charge in [-0.2, -0.15) is 11.8 Å². The minimum Gasteiger partial charge on any atom is -0.314 e. The summed E-state index contributed by atoms with van der Waals surface area (Å²) in [7, 11) is 0. The van der Waals surface area contributed by atoms with Crippen molar-refractivity contribution in [2.75, 3.05) is 57.3 Å². The number of piperazine rings is 1. The highest BCUT2D eigenvalue weighted by atomic mass is 32.2. The van der Waals surface area contributed by atoms with Crippen LogP contribution in [-0.4, -0.2) is 73.2 Å². The van der Waals surface area contributed by atoms with Crippen LogP contribution in [0.3, 0.4) is 0 Å². The lowest BCUT2D eigenvalue weighted by atomic mass is 10.1. The van der Waals surface area contributed by atoms with E-state index in [0.29, 0.717) is 0 Å². The van der Waals surface area contributed by atoms with Crippen LogP contribution in [0.15, 0.2) is 0 Å². The zero-order chi connectivity index (χ0) is 10.8. The van der Waals surface area contributed by atoms with Crippen molar-refractivity contribution < 1.29 is 0 Å². The summed E-state index contributed by atoms with van der Waals surface area (Å²) in [5, 5.41) is 3.37. The van der Waals surface area contributed by atoms with Gasteiger partial charge in [-0.15, -0.1) is 0 Å². The predicted molar refractivity (Wildman–Crippen MR) is 70.1 cm³/mol. The van der Waals surface area contributed by atoms with Gasteiger partial charge in [0.25, 0.3) is 0 Å². The van der Waals surface area contributed by atoms with Crippen molar-refractivity contribution in [3.8, 4) is 0 Å². The Morgan fingerprint density at radius 1 is 1.12 bits per heavy atom. The molecule has 0 saturated carbocycles. The van der Waals surface area contributed by atoms with E-state index in [2.05, 4.69) is 26.9 Å². The van der Waals surface area contributed by atoms with Crippen LogP contribution in [0.4, 0.5) is 0 Å². The zero-order valence-electron chi connectivity index (χ0n) is 10.0. The first-order valence-electron chi connectivity index (χ1n) is 6.67. The minimum absolute atomic E-state index is 0.851. The third-order valence-electron chi connectivity index (χ3n) is 4.22. The molecule has 16 heavy (non-hydrogen) atoms. The van der Waals surface area contributed by atoms with Crippen LogP contribution in [0, 0.1) is 5.92 Å². The molecule has 3 rings (SSSR count). The Morgan fingerprint density at radius 3 is 2.50 bits per heavy atom. The van der Waals surface area contributed by atoms with Crippen LogP contribution >= 0.6 is 11.8 Å². The fourth-order valence-corrected chi connectivity index (χ4v) is 4.21. The molecule has 92 valence electrons. The summed E-state index contributed by atoms with van der Waals surface area (Å²) < 4.78 is 0. The zero-order valence-corrected chi connectivity index (χ0v) is 10.8. The molecule has 3 nitrogen and oxygen atoms in total. The molecule has 3 saturated heterocycles. The van der Waals surface area contributed by atoms with E-state index < -0.39 is 0 Å². The average Bonchev–Trinajstić information content (AvgIpc) is 2.71. The number of nitrogens with zero attached hydrogens (tertiary/aromatic N) is 2. The highest BCUT2D eigenvalue weighted by Crippen LogP contribution is 2.24. The average molecular weight is 241 g/mol. The molecule has 0 aromatic heterocycles. The Hall–Kier alpha value is 0.230. The number of rotatable bonds is 3. The van der Waals surface area contributed by atoms with E-state index in [1.807, 2.05) is 0 Å². The van der Waals surface area contributed by atoms with Gasteiger partial charge in [0.2, 0.25) is 0 Å². The highest BCUT2D eigenvalue weighted by Gasteiger charge is 2.28. The lowest BCUT2D eigenvalue weighted by Gasteiger charge is -2.43. The molecule has 3 heterocycles. The summed E-state index contributed by atoms with van der Waals surface area (Å²) in [6.07, 6.45) is 1.46. The molecule has 3 aliphatic rings. The Morgan fingerprint density at radius 2 is 1.94 bits per heavy atom. The molecule has 3 fully saturated rings. The van der Waals surface area contributed by atoms with Crippen LogP contribution in [0.2, 0.25) is 0 Å². The standard InChI is InChI=1S/C12H23N3S/c1-6-16-10-11(1)9-14-2-4-15(5-3-14)12-7-13-8-12/h11-13H,1-10H2. The maximum atomic E-state index is 3.37. The largest absolute Gasteiger partial charge is 0.314 e. The molecule has 1 N–H and O–H groups in total. The van der Waals surface area contributed by atoms with Crippen LogP contribution in [0.5, 0.6) is 0 Å². The lowest BCUT2D eigenvalue weighted by Crippen LogP contribution is -2.61. The fourth-order valence-electron chi connectivity index (χ4n) is 2.94. The summed E-state index contributed by atoms with van der Waals surface area (Å²) in [4.78, 5) is 5.37. The molecular formula is C12H23N3S.